The molecule has 236 valence electrons. The molecule has 2 amide bonds. The molecule has 0 fully saturated rings. The van der Waals surface area contributed by atoms with E-state index < -0.39 is 73.5 Å². The van der Waals surface area contributed by atoms with Crippen LogP contribution in [0.1, 0.15) is 64.5 Å². The second kappa shape index (κ2) is 14.5. The number of carbonyl (C=O) groups excluding carboxylic acids is 3. The summed E-state index contributed by atoms with van der Waals surface area (Å²) in [5.74, 6) is -3.63. The minimum absolute atomic E-state index is 0.443. The van der Waals surface area contributed by atoms with Gasteiger partial charge < -0.3 is 15.0 Å². The number of anilines is 1. The molecule has 0 spiro atoms. The van der Waals surface area contributed by atoms with Gasteiger partial charge in [-0.05, 0) is 33.3 Å². The number of halogens is 6. The highest BCUT2D eigenvalue weighted by Crippen LogP contribution is 2.29. The maximum Gasteiger partial charge on any atom is 0.389 e. The molecule has 2 atom stereocenters. The highest BCUT2D eigenvalue weighted by atomic mass is 19.4. The number of ether oxygens (including phenoxy) is 1. The average Bonchev–Trinajstić information content (AvgIpc) is 3.00. The fourth-order valence-corrected chi connectivity index (χ4v) is 3.94. The van der Waals surface area contributed by atoms with E-state index in [1.165, 1.54) is 11.9 Å². The predicted molar refractivity (Wildman–Crippen MR) is 149 cm³/mol. The van der Waals surface area contributed by atoms with Crippen molar-refractivity contribution in [2.24, 2.45) is 10.9 Å². The average molecular weight is 616 g/mol. The van der Waals surface area contributed by atoms with Crippen molar-refractivity contribution in [1.82, 2.24) is 5.32 Å². The summed E-state index contributed by atoms with van der Waals surface area (Å²) in [6, 6.07) is 16.1. The molecule has 0 radical (unpaired) electrons. The van der Waals surface area contributed by atoms with Crippen molar-refractivity contribution in [3.8, 4) is 0 Å². The van der Waals surface area contributed by atoms with Crippen LogP contribution in [0.15, 0.2) is 59.6 Å². The van der Waals surface area contributed by atoms with Crippen molar-refractivity contribution in [2.75, 3.05) is 11.9 Å². The normalized spacial score (nSPS) is 16.2. The van der Waals surface area contributed by atoms with Gasteiger partial charge in [0.05, 0.1) is 17.8 Å². The number of fused-ring (bicyclic) bond motifs is 1. The Balaban J connectivity index is 0.000000973. The van der Waals surface area contributed by atoms with E-state index in [0.29, 0.717) is 22.5 Å². The van der Waals surface area contributed by atoms with Crippen molar-refractivity contribution in [1.29, 1.82) is 0 Å². The van der Waals surface area contributed by atoms with E-state index in [-0.39, 0.29) is 0 Å². The monoisotopic (exact) mass is 615 g/mol. The van der Waals surface area contributed by atoms with Crippen LogP contribution < -0.4 is 10.2 Å². The topological polar surface area (TPSA) is 88.1 Å². The maximum atomic E-state index is 13.3. The number of benzodiazepines with no additional fused rings is 1. The zero-order chi connectivity index (χ0) is 32.6. The number of para-hydroxylation sites is 1. The number of benzene rings is 2. The van der Waals surface area contributed by atoms with E-state index in [1.54, 1.807) is 69.3 Å². The van der Waals surface area contributed by atoms with Gasteiger partial charge in [-0.15, -0.1) is 0 Å². The number of alkyl halides is 6. The molecule has 0 saturated carbocycles. The Morgan fingerprint density at radius 3 is 2.05 bits per heavy atom. The first-order valence-electron chi connectivity index (χ1n) is 13.5. The summed E-state index contributed by atoms with van der Waals surface area (Å²) in [5, 5.41) is 2.49. The fraction of sp³-hybridized carbons (Fsp3) is 0.467. The molecule has 1 aliphatic rings. The van der Waals surface area contributed by atoms with Crippen LogP contribution in [-0.2, 0) is 19.1 Å². The molecule has 0 saturated heterocycles. The molecule has 7 nitrogen and oxygen atoms in total. The van der Waals surface area contributed by atoms with E-state index in [9.17, 15) is 40.7 Å². The summed E-state index contributed by atoms with van der Waals surface area (Å²) < 4.78 is 76.5. The third-order valence-corrected chi connectivity index (χ3v) is 6.05. The van der Waals surface area contributed by atoms with E-state index >= 15 is 0 Å². The Kier molecular flexibility index (Phi) is 11.9. The van der Waals surface area contributed by atoms with Crippen LogP contribution in [0.3, 0.4) is 0 Å². The summed E-state index contributed by atoms with van der Waals surface area (Å²) >= 11 is 0. The van der Waals surface area contributed by atoms with Crippen LogP contribution in [-0.4, -0.2) is 54.7 Å². The Labute approximate surface area is 246 Å². The van der Waals surface area contributed by atoms with E-state index in [1.807, 2.05) is 6.07 Å². The largest absolute Gasteiger partial charge is 0.460 e. The standard InChI is InChI=1S/C27H30F3N3O4.C3H5F3/c1-26(2,3)37-21(34)16-18(14-15-27(28,29)30)24(35)32-23-25(36)33(4)20-13-9-8-12-19(20)22(31-23)17-10-6-5-7-11-17;1-2-3(4,5)6/h5-13,18,23H,14-16H2,1-4H3,(H,32,35);2H2,1H3. The number of likely N-dealkylation sites (N-methyl/N-ethyl adjacent to an activating group) is 1. The first-order valence-corrected chi connectivity index (χ1v) is 13.5. The van der Waals surface area contributed by atoms with Crippen molar-refractivity contribution in [3.05, 3.63) is 65.7 Å². The molecule has 0 aromatic heterocycles. The molecule has 1 aliphatic heterocycles. The summed E-state index contributed by atoms with van der Waals surface area (Å²) in [6.07, 6.45) is -13.1. The SMILES string of the molecule is CCC(F)(F)F.CN1C(=O)C(NC(=O)C(CCC(F)(F)F)CC(=O)OC(C)(C)C)N=C(c2ccccc2)c2ccccc21. The van der Waals surface area contributed by atoms with Crippen LogP contribution in [0, 0.1) is 5.92 Å². The van der Waals surface area contributed by atoms with Gasteiger partial charge in [-0.3, -0.25) is 14.4 Å². The van der Waals surface area contributed by atoms with Crippen molar-refractivity contribution in [3.63, 3.8) is 0 Å². The number of esters is 1. The van der Waals surface area contributed by atoms with E-state index in [2.05, 4.69) is 10.3 Å². The number of aliphatic imine (C=N–C) groups is 1. The van der Waals surface area contributed by atoms with Gasteiger partial charge >= 0.3 is 18.3 Å². The number of nitrogens with one attached hydrogen (secondary N) is 1. The third kappa shape index (κ3) is 11.7. The van der Waals surface area contributed by atoms with Crippen LogP contribution in [0.2, 0.25) is 0 Å². The third-order valence-electron chi connectivity index (χ3n) is 6.05. The number of amides is 2. The molecular weight excluding hydrogens is 580 g/mol. The Hall–Kier alpha value is -3.90. The molecule has 2 aromatic rings. The Bertz CT molecular complexity index is 1290. The molecule has 2 unspecified atom stereocenters. The molecular formula is C30H35F6N3O4. The highest BCUT2D eigenvalue weighted by Gasteiger charge is 2.36. The van der Waals surface area contributed by atoms with Gasteiger partial charge in [0.1, 0.15) is 5.60 Å². The summed E-state index contributed by atoms with van der Waals surface area (Å²) in [5.41, 5.74) is 1.48. The van der Waals surface area contributed by atoms with Gasteiger partial charge in [-0.2, -0.15) is 26.3 Å². The molecule has 0 bridgehead atoms. The van der Waals surface area contributed by atoms with Crippen molar-refractivity contribution < 1.29 is 45.5 Å². The molecule has 43 heavy (non-hydrogen) atoms. The molecule has 1 heterocycles. The van der Waals surface area contributed by atoms with Gasteiger partial charge in [-0.25, -0.2) is 4.99 Å². The lowest BCUT2D eigenvalue weighted by atomic mass is 9.97. The summed E-state index contributed by atoms with van der Waals surface area (Å²) in [7, 11) is 1.53. The number of hydrogen-bond donors (Lipinski definition) is 1. The smallest absolute Gasteiger partial charge is 0.389 e. The predicted octanol–water partition coefficient (Wildman–Crippen LogP) is 6.59. The molecule has 3 rings (SSSR count). The number of nitrogens with zero attached hydrogens (tertiary/aromatic N) is 2. The first kappa shape index (κ1) is 35.3. The molecule has 1 N–H and O–H groups in total. The highest BCUT2D eigenvalue weighted by molar-refractivity contribution is 6.20. The second-order valence-electron chi connectivity index (χ2n) is 10.8. The second-order valence-corrected chi connectivity index (χ2v) is 10.8. The van der Waals surface area contributed by atoms with Crippen molar-refractivity contribution in [2.45, 2.75) is 77.5 Å². The number of carbonyl (C=O) groups is 3. The maximum absolute atomic E-state index is 13.3. The summed E-state index contributed by atoms with van der Waals surface area (Å²) in [6.45, 7) is 5.94. The lowest BCUT2D eigenvalue weighted by Crippen LogP contribution is -2.48. The molecule has 2 aromatic carbocycles. The van der Waals surface area contributed by atoms with E-state index in [0.717, 1.165) is 6.92 Å². The lowest BCUT2D eigenvalue weighted by Gasteiger charge is -2.24. The quantitative estimate of drug-likeness (QED) is 0.281. The zero-order valence-corrected chi connectivity index (χ0v) is 24.5. The fourth-order valence-electron chi connectivity index (χ4n) is 3.94. The first-order chi connectivity index (χ1) is 19.8. The Morgan fingerprint density at radius 1 is 0.953 bits per heavy atom. The van der Waals surface area contributed by atoms with Crippen LogP contribution in [0.25, 0.3) is 0 Å². The lowest BCUT2D eigenvalue weighted by molar-refractivity contribution is -0.159. The van der Waals surface area contributed by atoms with Gasteiger partial charge in [0, 0.05) is 36.9 Å². The van der Waals surface area contributed by atoms with E-state index in [4.69, 9.17) is 4.74 Å². The number of rotatable bonds is 7. The van der Waals surface area contributed by atoms with Crippen molar-refractivity contribution >= 4 is 29.2 Å². The Morgan fingerprint density at radius 2 is 1.51 bits per heavy atom. The molecule has 0 aliphatic carbocycles. The van der Waals surface area contributed by atoms with Crippen LogP contribution in [0.5, 0.6) is 0 Å². The van der Waals surface area contributed by atoms with Gasteiger partial charge in [0.25, 0.3) is 5.91 Å². The molecule has 13 heteroatoms. The van der Waals surface area contributed by atoms with Gasteiger partial charge in [0.15, 0.2) is 0 Å². The van der Waals surface area contributed by atoms with Gasteiger partial charge in [-0.1, -0.05) is 55.5 Å². The van der Waals surface area contributed by atoms with Gasteiger partial charge in [0.2, 0.25) is 12.1 Å². The van der Waals surface area contributed by atoms with Crippen LogP contribution in [0.4, 0.5) is 32.0 Å². The zero-order valence-electron chi connectivity index (χ0n) is 24.5. The minimum Gasteiger partial charge on any atom is -0.460 e. The van der Waals surface area contributed by atoms with Crippen LogP contribution >= 0.6 is 0 Å². The number of hydrogen-bond acceptors (Lipinski definition) is 5. The minimum atomic E-state index is -4.52. The summed E-state index contributed by atoms with van der Waals surface area (Å²) in [4.78, 5) is 44.7.